The summed E-state index contributed by atoms with van der Waals surface area (Å²) in [5, 5.41) is 10.4. The molecule has 0 saturated carbocycles. The molecule has 0 aromatic heterocycles. The molecule has 0 spiro atoms. The molecule has 0 nitrogen and oxygen atoms in total. The van der Waals surface area contributed by atoms with Crippen molar-refractivity contribution in [1.29, 1.82) is 0 Å². The van der Waals surface area contributed by atoms with Gasteiger partial charge in [-0.05, 0) is 127 Å². The largest absolute Gasteiger partial charge is 0.0622 e. The molecule has 0 heteroatoms. The van der Waals surface area contributed by atoms with Gasteiger partial charge in [0.25, 0.3) is 0 Å². The Hall–Kier alpha value is -6.76. The molecule has 2 aliphatic rings. The van der Waals surface area contributed by atoms with Crippen molar-refractivity contribution in [3.05, 3.63) is 204 Å². The molecule has 0 saturated heterocycles. The van der Waals surface area contributed by atoms with Gasteiger partial charge in [0.15, 0.2) is 0 Å². The minimum Gasteiger partial charge on any atom is -0.0622 e. The molecular weight excluding hydrogens is 697 g/mol. The Bertz CT molecular complexity index is 3300. The number of rotatable bonds is 3. The van der Waals surface area contributed by atoms with Crippen LogP contribution in [0.4, 0.5) is 0 Å². The third-order valence-electron chi connectivity index (χ3n) is 13.9. The Kier molecular flexibility index (Phi) is 6.84. The standard InChI is InChI=1S/C58H42/c1-57(2)48-30-14-12-24-45(48)54-50(57)33-32-44-47(34-51-55(56(44)54)46-25-13-15-31-49(46)58(51,3)4)53-42-22-10-8-20-40(42)52(41-21-9-11-23-43(41)53)39-29-17-27-37-36(26-16-28-38(37)39)35-18-6-5-7-19-35/h5-34H,1-4H3. The zero-order valence-electron chi connectivity index (χ0n) is 33.3. The fraction of sp³-hybridized carbons (Fsp3) is 0.103. The molecule has 10 aromatic carbocycles. The molecule has 10 aromatic rings. The lowest BCUT2D eigenvalue weighted by Crippen LogP contribution is -2.15. The third kappa shape index (κ3) is 4.35. The van der Waals surface area contributed by atoms with Crippen LogP contribution in [0.2, 0.25) is 0 Å². The van der Waals surface area contributed by atoms with Crippen LogP contribution in [0.3, 0.4) is 0 Å². The second kappa shape index (κ2) is 11.9. The monoisotopic (exact) mass is 738 g/mol. The van der Waals surface area contributed by atoms with Crippen LogP contribution in [0.1, 0.15) is 49.9 Å². The van der Waals surface area contributed by atoms with E-state index in [1.54, 1.807) is 0 Å². The van der Waals surface area contributed by atoms with Crippen LogP contribution in [-0.2, 0) is 10.8 Å². The molecule has 0 amide bonds. The van der Waals surface area contributed by atoms with Gasteiger partial charge in [-0.25, -0.2) is 0 Å². The highest BCUT2D eigenvalue weighted by Gasteiger charge is 2.42. The molecular formula is C58H42. The molecule has 274 valence electrons. The predicted molar refractivity (Wildman–Crippen MR) is 248 cm³/mol. The minimum absolute atomic E-state index is 0.101. The highest BCUT2D eigenvalue weighted by Crippen LogP contribution is 2.60. The number of hydrogen-bond acceptors (Lipinski definition) is 0. The maximum Gasteiger partial charge on any atom is 0.0159 e. The van der Waals surface area contributed by atoms with Gasteiger partial charge < -0.3 is 0 Å². The second-order valence-electron chi connectivity index (χ2n) is 17.5. The summed E-state index contributed by atoms with van der Waals surface area (Å²) in [4.78, 5) is 0. The summed E-state index contributed by atoms with van der Waals surface area (Å²) in [5.74, 6) is 0. The van der Waals surface area contributed by atoms with Crippen molar-refractivity contribution >= 4 is 43.1 Å². The highest BCUT2D eigenvalue weighted by molar-refractivity contribution is 6.27. The van der Waals surface area contributed by atoms with Crippen LogP contribution < -0.4 is 0 Å². The average Bonchev–Trinajstić information content (AvgIpc) is 3.64. The zero-order chi connectivity index (χ0) is 38.9. The fourth-order valence-electron chi connectivity index (χ4n) is 11.2. The van der Waals surface area contributed by atoms with Gasteiger partial charge in [0.2, 0.25) is 0 Å². The van der Waals surface area contributed by atoms with Crippen molar-refractivity contribution in [3.8, 4) is 55.6 Å². The van der Waals surface area contributed by atoms with Crippen LogP contribution in [-0.4, -0.2) is 0 Å². The first kappa shape index (κ1) is 33.4. The molecule has 0 aliphatic heterocycles. The molecule has 0 heterocycles. The van der Waals surface area contributed by atoms with Crippen molar-refractivity contribution < 1.29 is 0 Å². The summed E-state index contributed by atoms with van der Waals surface area (Å²) in [6, 6.07) is 68.6. The van der Waals surface area contributed by atoms with Crippen molar-refractivity contribution in [2.24, 2.45) is 0 Å². The molecule has 0 atom stereocenters. The van der Waals surface area contributed by atoms with Gasteiger partial charge >= 0.3 is 0 Å². The van der Waals surface area contributed by atoms with E-state index in [1.807, 2.05) is 0 Å². The minimum atomic E-state index is -0.170. The van der Waals surface area contributed by atoms with Crippen LogP contribution in [0.5, 0.6) is 0 Å². The van der Waals surface area contributed by atoms with Gasteiger partial charge in [-0.1, -0.05) is 204 Å². The Morgan fingerprint density at radius 3 is 1.29 bits per heavy atom. The van der Waals surface area contributed by atoms with Crippen LogP contribution in [0.25, 0.3) is 98.7 Å². The summed E-state index contributed by atoms with van der Waals surface area (Å²) in [7, 11) is 0. The van der Waals surface area contributed by atoms with Gasteiger partial charge in [-0.3, -0.25) is 0 Å². The molecule has 12 rings (SSSR count). The van der Waals surface area contributed by atoms with Gasteiger partial charge in [0.1, 0.15) is 0 Å². The van der Waals surface area contributed by atoms with E-state index < -0.39 is 0 Å². The SMILES string of the molecule is CC1(C)c2ccccc2-c2c1ccc1c(-c3c4ccccc4c(-c4cccc5c(-c6ccccc6)cccc45)c4ccccc34)cc3c(c21)-c1ccccc1C3(C)C. The summed E-state index contributed by atoms with van der Waals surface area (Å²) < 4.78 is 0. The third-order valence-corrected chi connectivity index (χ3v) is 13.9. The first-order chi connectivity index (χ1) is 28.3. The van der Waals surface area contributed by atoms with E-state index in [-0.39, 0.29) is 10.8 Å². The van der Waals surface area contributed by atoms with Crippen molar-refractivity contribution in [3.63, 3.8) is 0 Å². The summed E-state index contributed by atoms with van der Waals surface area (Å²) in [6.45, 7) is 9.66. The number of hydrogen-bond donors (Lipinski definition) is 0. The quantitative estimate of drug-likeness (QED) is 0.158. The topological polar surface area (TPSA) is 0 Å². The Labute approximate surface area is 340 Å². The maximum atomic E-state index is 2.58. The van der Waals surface area contributed by atoms with E-state index in [0.29, 0.717) is 0 Å². The lowest BCUT2D eigenvalue weighted by molar-refractivity contribution is 0.660. The van der Waals surface area contributed by atoms with Gasteiger partial charge in [0, 0.05) is 10.8 Å². The van der Waals surface area contributed by atoms with Crippen LogP contribution in [0, 0.1) is 0 Å². The van der Waals surface area contributed by atoms with Crippen molar-refractivity contribution in [2.45, 2.75) is 38.5 Å². The normalized spacial score (nSPS) is 14.5. The van der Waals surface area contributed by atoms with Gasteiger partial charge in [-0.15, -0.1) is 0 Å². The van der Waals surface area contributed by atoms with Gasteiger partial charge in [0.05, 0.1) is 0 Å². The summed E-state index contributed by atoms with van der Waals surface area (Å²) in [6.07, 6.45) is 0. The molecule has 0 bridgehead atoms. The lowest BCUT2D eigenvalue weighted by Gasteiger charge is -2.26. The molecule has 0 unspecified atom stereocenters. The van der Waals surface area contributed by atoms with Gasteiger partial charge in [-0.2, -0.15) is 0 Å². The number of benzene rings is 10. The smallest absolute Gasteiger partial charge is 0.0159 e. The van der Waals surface area contributed by atoms with E-state index >= 15 is 0 Å². The summed E-state index contributed by atoms with van der Waals surface area (Å²) in [5.41, 5.74) is 18.6. The van der Waals surface area contributed by atoms with E-state index in [9.17, 15) is 0 Å². The molecule has 2 aliphatic carbocycles. The van der Waals surface area contributed by atoms with Crippen LogP contribution >= 0.6 is 0 Å². The van der Waals surface area contributed by atoms with E-state index in [2.05, 4.69) is 210 Å². The Morgan fingerprint density at radius 1 is 0.259 bits per heavy atom. The zero-order valence-corrected chi connectivity index (χ0v) is 33.3. The summed E-state index contributed by atoms with van der Waals surface area (Å²) >= 11 is 0. The molecule has 58 heavy (non-hydrogen) atoms. The molecule has 0 radical (unpaired) electrons. The lowest BCUT2D eigenvalue weighted by atomic mass is 9.77. The predicted octanol–water partition coefficient (Wildman–Crippen LogP) is 15.9. The second-order valence-corrected chi connectivity index (χ2v) is 17.5. The molecule has 0 N–H and O–H groups in total. The number of fused-ring (bicyclic) bond motifs is 12. The Morgan fingerprint density at radius 2 is 0.690 bits per heavy atom. The average molecular weight is 739 g/mol. The Balaban J connectivity index is 1.23. The highest BCUT2D eigenvalue weighted by atomic mass is 14.4. The fourth-order valence-corrected chi connectivity index (χ4v) is 11.2. The van der Waals surface area contributed by atoms with E-state index in [1.165, 1.54) is 121 Å². The van der Waals surface area contributed by atoms with E-state index in [4.69, 9.17) is 0 Å². The first-order valence-electron chi connectivity index (χ1n) is 20.7. The van der Waals surface area contributed by atoms with Crippen molar-refractivity contribution in [1.82, 2.24) is 0 Å². The van der Waals surface area contributed by atoms with Crippen molar-refractivity contribution in [2.75, 3.05) is 0 Å². The maximum absolute atomic E-state index is 2.58. The van der Waals surface area contributed by atoms with E-state index in [0.717, 1.165) is 0 Å². The molecule has 0 fully saturated rings. The van der Waals surface area contributed by atoms with Crippen LogP contribution in [0.15, 0.2) is 182 Å². The first-order valence-corrected chi connectivity index (χ1v) is 20.7.